The first-order valence-electron chi connectivity index (χ1n) is 8.62. The van der Waals surface area contributed by atoms with Gasteiger partial charge in [-0.1, -0.05) is 0 Å². The highest BCUT2D eigenvalue weighted by Gasteiger charge is 2.58. The first-order chi connectivity index (χ1) is 13.1. The fraction of sp³-hybridized carbons (Fsp3) is 0.400. The van der Waals surface area contributed by atoms with E-state index < -0.39 is 17.3 Å². The molecule has 3 rings (SSSR count). The van der Waals surface area contributed by atoms with Crippen LogP contribution in [0.25, 0.3) is 0 Å². The van der Waals surface area contributed by atoms with Crippen molar-refractivity contribution in [2.45, 2.75) is 5.92 Å². The molecule has 0 saturated heterocycles. The lowest BCUT2D eigenvalue weighted by atomic mass is 9.54. The Hall–Kier alpha value is -3.34. The molecule has 1 aliphatic carbocycles. The maximum atomic E-state index is 10.0. The van der Waals surface area contributed by atoms with Gasteiger partial charge in [0.1, 0.15) is 17.4 Å². The average Bonchev–Trinajstić information content (AvgIpc) is 2.72. The van der Waals surface area contributed by atoms with Crippen LogP contribution in [-0.2, 0) is 0 Å². The summed E-state index contributed by atoms with van der Waals surface area (Å²) in [5, 5.41) is 40.4. The van der Waals surface area contributed by atoms with Gasteiger partial charge in [0.05, 0.1) is 51.2 Å². The van der Waals surface area contributed by atoms with Crippen molar-refractivity contribution in [1.82, 2.24) is 0 Å². The summed E-state index contributed by atoms with van der Waals surface area (Å²) in [6, 6.07) is 11.5. The zero-order valence-corrected chi connectivity index (χ0v) is 15.2. The molecule has 1 heterocycles. The van der Waals surface area contributed by atoms with Crippen LogP contribution in [0.5, 0.6) is 11.5 Å². The van der Waals surface area contributed by atoms with Gasteiger partial charge in [0, 0.05) is 17.4 Å². The van der Waals surface area contributed by atoms with Gasteiger partial charge in [0.25, 0.3) is 0 Å². The summed E-state index contributed by atoms with van der Waals surface area (Å²) < 4.78 is 10.8. The number of benzene rings is 1. The number of hydrogen-bond acceptors (Lipinski definition) is 6. The van der Waals surface area contributed by atoms with Crippen molar-refractivity contribution < 1.29 is 14.8 Å². The van der Waals surface area contributed by atoms with Gasteiger partial charge >= 0.3 is 0 Å². The second-order valence-electron chi connectivity index (χ2n) is 6.66. The highest BCUT2D eigenvalue weighted by Crippen LogP contribution is 2.54. The summed E-state index contributed by atoms with van der Waals surface area (Å²) in [6.07, 6.45) is 1.95. The van der Waals surface area contributed by atoms with Crippen LogP contribution in [0, 0.1) is 56.7 Å². The zero-order valence-electron chi connectivity index (χ0n) is 15.2. The molecule has 0 amide bonds. The summed E-state index contributed by atoms with van der Waals surface area (Å²) >= 11 is 0. The molecule has 1 saturated carbocycles. The van der Waals surface area contributed by atoms with E-state index in [1.54, 1.807) is 25.3 Å². The van der Waals surface area contributed by atoms with Crippen molar-refractivity contribution in [3.63, 3.8) is 0 Å². The summed E-state index contributed by atoms with van der Waals surface area (Å²) in [6.45, 7) is 1.35. The lowest BCUT2D eigenvalue weighted by Gasteiger charge is -2.44. The van der Waals surface area contributed by atoms with Crippen LogP contribution >= 0.6 is 0 Å². The van der Waals surface area contributed by atoms with Crippen LogP contribution in [0.2, 0.25) is 0 Å². The van der Waals surface area contributed by atoms with Crippen molar-refractivity contribution in [2.24, 2.45) is 17.3 Å². The third-order valence-corrected chi connectivity index (χ3v) is 5.54. The highest BCUT2D eigenvalue weighted by atomic mass is 16.5. The number of nitrogens with one attached hydrogen (secondary N) is 1. The number of methoxy groups -OCH3 is 2. The van der Waals surface area contributed by atoms with Crippen LogP contribution < -0.4 is 14.8 Å². The minimum Gasteiger partial charge on any atom is -0.497 e. The van der Waals surface area contributed by atoms with E-state index >= 15 is 0 Å². The van der Waals surface area contributed by atoms with Crippen molar-refractivity contribution in [1.29, 1.82) is 21.2 Å². The molecule has 0 bridgehead atoms. The molecule has 1 aliphatic heterocycles. The van der Waals surface area contributed by atoms with Crippen LogP contribution in [0.1, 0.15) is 11.5 Å². The standard InChI is InChI=1S/C20H19N5O2/c1-26-12-3-4-17(27-2)14(7-12)18-16-9-25-6-5-13(16)15(8-21)19(24)20(18,10-22)11-23/h3-5,7,15-16,18,24-25H,6,9H2,1-2H3/p+1/t15-,16-,18+/m0/s1. The lowest BCUT2D eigenvalue weighted by Crippen LogP contribution is -2.87. The molecular weight excluding hydrogens is 342 g/mol. The van der Waals surface area contributed by atoms with E-state index in [4.69, 9.17) is 14.9 Å². The summed E-state index contributed by atoms with van der Waals surface area (Å²) in [7, 11) is 3.07. The number of ether oxygens (including phenoxy) is 2. The second kappa shape index (κ2) is 7.11. The first-order valence-corrected chi connectivity index (χ1v) is 8.62. The molecule has 0 spiro atoms. The van der Waals surface area contributed by atoms with Crippen LogP contribution in [-0.4, -0.2) is 33.0 Å². The number of nitriles is 3. The largest absolute Gasteiger partial charge is 0.497 e. The van der Waals surface area contributed by atoms with Crippen molar-refractivity contribution in [2.75, 3.05) is 27.3 Å². The Balaban J connectivity index is 2.32. The summed E-state index contributed by atoms with van der Waals surface area (Å²) in [4.78, 5) is 0. The Bertz CT molecular complexity index is 917. The van der Waals surface area contributed by atoms with Crippen LogP contribution in [0.15, 0.2) is 29.8 Å². The first kappa shape index (κ1) is 18.5. The van der Waals surface area contributed by atoms with Gasteiger partial charge in [0.15, 0.2) is 5.41 Å². The molecule has 2 aliphatic rings. The van der Waals surface area contributed by atoms with Gasteiger partial charge in [-0.25, -0.2) is 0 Å². The van der Waals surface area contributed by atoms with Crippen molar-refractivity contribution in [3.8, 4) is 29.7 Å². The number of rotatable bonds is 3. The Labute approximate surface area is 157 Å². The average molecular weight is 362 g/mol. The summed E-state index contributed by atoms with van der Waals surface area (Å²) in [5.74, 6) is -0.593. The van der Waals surface area contributed by atoms with E-state index in [1.165, 1.54) is 7.11 Å². The molecule has 0 radical (unpaired) electrons. The SMILES string of the molecule is COc1ccc(OC)c([C@@H]2[C@H]3C[NH2+]CC=C3[C@H](C#N)C(=N)C2(C#N)C#N)c1. The highest BCUT2D eigenvalue weighted by molar-refractivity contribution is 6.01. The van der Waals surface area contributed by atoms with E-state index in [-0.39, 0.29) is 11.6 Å². The Morgan fingerprint density at radius 1 is 1.19 bits per heavy atom. The molecule has 136 valence electrons. The van der Waals surface area contributed by atoms with Crippen molar-refractivity contribution >= 4 is 5.71 Å². The molecule has 0 aromatic heterocycles. The van der Waals surface area contributed by atoms with E-state index in [0.717, 1.165) is 5.57 Å². The number of nitrogens with two attached hydrogens (primary N) is 1. The normalized spacial score (nSPS) is 25.8. The Morgan fingerprint density at radius 3 is 2.52 bits per heavy atom. The van der Waals surface area contributed by atoms with Gasteiger partial charge in [-0.3, -0.25) is 0 Å². The third kappa shape index (κ3) is 2.63. The van der Waals surface area contributed by atoms with E-state index in [0.29, 0.717) is 30.2 Å². The Morgan fingerprint density at radius 2 is 1.93 bits per heavy atom. The predicted octanol–water partition coefficient (Wildman–Crippen LogP) is 1.11. The minimum absolute atomic E-state index is 0.158. The van der Waals surface area contributed by atoms with E-state index in [9.17, 15) is 15.8 Å². The molecule has 3 atom stereocenters. The molecule has 3 N–H and O–H groups in total. The molecule has 7 heteroatoms. The lowest BCUT2D eigenvalue weighted by molar-refractivity contribution is -0.654. The quantitative estimate of drug-likeness (QED) is 0.778. The van der Waals surface area contributed by atoms with Crippen LogP contribution in [0.3, 0.4) is 0 Å². The smallest absolute Gasteiger partial charge is 0.190 e. The molecule has 1 aromatic carbocycles. The molecule has 7 nitrogen and oxygen atoms in total. The molecule has 1 fully saturated rings. The molecule has 27 heavy (non-hydrogen) atoms. The number of nitrogens with zero attached hydrogens (tertiary/aromatic N) is 3. The number of quaternary nitrogens is 1. The zero-order chi connectivity index (χ0) is 19.6. The monoisotopic (exact) mass is 362 g/mol. The fourth-order valence-electron chi connectivity index (χ4n) is 4.26. The van der Waals surface area contributed by atoms with Gasteiger partial charge < -0.3 is 20.2 Å². The Kier molecular flexibility index (Phi) is 4.86. The van der Waals surface area contributed by atoms with Gasteiger partial charge in [-0.2, -0.15) is 15.8 Å². The van der Waals surface area contributed by atoms with Crippen molar-refractivity contribution in [3.05, 3.63) is 35.4 Å². The number of fused-ring (bicyclic) bond motifs is 1. The van der Waals surface area contributed by atoms with Gasteiger partial charge in [0.2, 0.25) is 0 Å². The fourth-order valence-corrected chi connectivity index (χ4v) is 4.26. The van der Waals surface area contributed by atoms with Gasteiger partial charge in [-0.15, -0.1) is 0 Å². The maximum Gasteiger partial charge on any atom is 0.190 e. The van der Waals surface area contributed by atoms with E-state index in [2.05, 4.69) is 23.5 Å². The number of hydrogen-bond donors (Lipinski definition) is 2. The maximum absolute atomic E-state index is 10.0. The summed E-state index contributed by atoms with van der Waals surface area (Å²) in [5.41, 5.74) is -0.435. The minimum atomic E-state index is -1.74. The topological polar surface area (TPSA) is 130 Å². The van der Waals surface area contributed by atoms with E-state index in [1.807, 2.05) is 6.08 Å². The third-order valence-electron chi connectivity index (χ3n) is 5.54. The molecular formula is C20H20N5O2+. The van der Waals surface area contributed by atoms with Crippen LogP contribution in [0.4, 0.5) is 0 Å². The predicted molar refractivity (Wildman–Crippen MR) is 96.0 cm³/mol. The molecule has 1 aromatic rings. The molecule has 0 unspecified atom stereocenters. The second-order valence-corrected chi connectivity index (χ2v) is 6.66. The van der Waals surface area contributed by atoms with Gasteiger partial charge in [-0.05, 0) is 29.8 Å².